The topological polar surface area (TPSA) is 102 Å². The Kier molecular flexibility index (Phi) is 6.44. The molecule has 1 rings (SSSR count). The number of ether oxygens (including phenoxy) is 1. The average Bonchev–Trinajstić information content (AvgIpc) is 2.40. The largest absolute Gasteiger partial charge is 0.449 e. The van der Waals surface area contributed by atoms with Crippen molar-refractivity contribution in [2.45, 2.75) is 20.3 Å². The molecule has 0 aliphatic rings. The van der Waals surface area contributed by atoms with Crippen LogP contribution in [0, 0.1) is 6.92 Å². The standard InChI is InChI=1S/C13H21N3O4S/c1-3-20-13(17)15-21(18,19)16(10-4-9-14)12-7-5-11(2)6-8-12/h5-8H,3-4,9-10,14H2,1-2H3,(H,15,17). The molecule has 1 amide bonds. The van der Waals surface area contributed by atoms with Gasteiger partial charge in [0.15, 0.2) is 0 Å². The Morgan fingerprint density at radius 1 is 1.33 bits per heavy atom. The zero-order valence-corrected chi connectivity index (χ0v) is 13.0. The quantitative estimate of drug-likeness (QED) is 0.785. The van der Waals surface area contributed by atoms with Crippen molar-refractivity contribution in [2.24, 2.45) is 5.73 Å². The van der Waals surface area contributed by atoms with Crippen molar-refractivity contribution < 1.29 is 17.9 Å². The molecule has 0 saturated heterocycles. The van der Waals surface area contributed by atoms with Gasteiger partial charge in [-0.3, -0.25) is 4.31 Å². The number of rotatable bonds is 7. The van der Waals surface area contributed by atoms with Crippen LogP contribution in [0.3, 0.4) is 0 Å². The molecule has 0 fully saturated rings. The highest BCUT2D eigenvalue weighted by Gasteiger charge is 2.24. The highest BCUT2D eigenvalue weighted by Crippen LogP contribution is 2.18. The molecule has 0 saturated carbocycles. The first-order chi connectivity index (χ1) is 9.90. The van der Waals surface area contributed by atoms with Gasteiger partial charge in [-0.25, -0.2) is 9.52 Å². The van der Waals surface area contributed by atoms with E-state index in [0.717, 1.165) is 9.87 Å². The molecule has 0 bridgehead atoms. The molecule has 1 aromatic carbocycles. The number of carbonyl (C=O) groups is 1. The molecule has 3 N–H and O–H groups in total. The molecular formula is C13H21N3O4S. The van der Waals surface area contributed by atoms with E-state index < -0.39 is 16.3 Å². The number of aryl methyl sites for hydroxylation is 1. The molecule has 0 heterocycles. The van der Waals surface area contributed by atoms with Crippen molar-refractivity contribution in [1.29, 1.82) is 0 Å². The maximum Gasteiger partial charge on any atom is 0.422 e. The molecule has 21 heavy (non-hydrogen) atoms. The van der Waals surface area contributed by atoms with Gasteiger partial charge in [0.25, 0.3) is 0 Å². The summed E-state index contributed by atoms with van der Waals surface area (Å²) in [4.78, 5) is 11.4. The lowest BCUT2D eigenvalue weighted by Gasteiger charge is -2.24. The Morgan fingerprint density at radius 3 is 2.48 bits per heavy atom. The molecule has 0 atom stereocenters. The van der Waals surface area contributed by atoms with E-state index in [4.69, 9.17) is 5.73 Å². The summed E-state index contributed by atoms with van der Waals surface area (Å²) < 4.78 is 32.2. The van der Waals surface area contributed by atoms with Crippen LogP contribution >= 0.6 is 0 Å². The fourth-order valence-electron chi connectivity index (χ4n) is 1.65. The van der Waals surface area contributed by atoms with Crippen molar-refractivity contribution in [3.8, 4) is 0 Å². The van der Waals surface area contributed by atoms with Crippen LogP contribution < -0.4 is 14.8 Å². The lowest BCUT2D eigenvalue weighted by molar-refractivity contribution is 0.158. The average molecular weight is 315 g/mol. The molecule has 0 aromatic heterocycles. The molecule has 118 valence electrons. The number of nitrogens with one attached hydrogen (secondary N) is 1. The van der Waals surface area contributed by atoms with E-state index in [0.29, 0.717) is 18.7 Å². The summed E-state index contributed by atoms with van der Waals surface area (Å²) in [7, 11) is -4.03. The third kappa shape index (κ3) is 5.24. The monoisotopic (exact) mass is 315 g/mol. The molecule has 0 unspecified atom stereocenters. The molecule has 0 aliphatic heterocycles. The molecule has 0 radical (unpaired) electrons. The predicted molar refractivity (Wildman–Crippen MR) is 81.3 cm³/mol. The van der Waals surface area contributed by atoms with E-state index in [1.165, 1.54) is 0 Å². The summed E-state index contributed by atoms with van der Waals surface area (Å²) in [6.45, 7) is 4.11. The molecular weight excluding hydrogens is 294 g/mol. The highest BCUT2D eigenvalue weighted by atomic mass is 32.2. The van der Waals surface area contributed by atoms with Gasteiger partial charge in [0.1, 0.15) is 0 Å². The molecule has 1 aromatic rings. The second-order valence-corrected chi connectivity index (χ2v) is 5.97. The first-order valence-corrected chi connectivity index (χ1v) is 8.08. The Morgan fingerprint density at radius 2 is 1.95 bits per heavy atom. The van der Waals surface area contributed by atoms with Gasteiger partial charge in [-0.1, -0.05) is 17.7 Å². The minimum absolute atomic E-state index is 0.0919. The van der Waals surface area contributed by atoms with Gasteiger partial charge in [0, 0.05) is 6.54 Å². The van der Waals surface area contributed by atoms with E-state index in [1.807, 2.05) is 11.6 Å². The third-order valence-corrected chi connectivity index (χ3v) is 4.06. The first-order valence-electron chi connectivity index (χ1n) is 6.64. The maximum atomic E-state index is 12.3. The minimum atomic E-state index is -4.03. The van der Waals surface area contributed by atoms with Gasteiger partial charge >= 0.3 is 16.3 Å². The highest BCUT2D eigenvalue weighted by molar-refractivity contribution is 7.91. The van der Waals surface area contributed by atoms with Crippen LogP contribution in [-0.2, 0) is 14.9 Å². The van der Waals surface area contributed by atoms with Crippen LogP contribution in [0.2, 0.25) is 0 Å². The summed E-state index contributed by atoms with van der Waals surface area (Å²) >= 11 is 0. The number of hydrogen-bond donors (Lipinski definition) is 2. The number of hydrogen-bond acceptors (Lipinski definition) is 5. The van der Waals surface area contributed by atoms with Crippen LogP contribution in [0.25, 0.3) is 0 Å². The van der Waals surface area contributed by atoms with Crippen molar-refractivity contribution in [3.05, 3.63) is 29.8 Å². The Bertz CT molecular complexity index is 557. The van der Waals surface area contributed by atoms with Gasteiger partial charge in [-0.15, -0.1) is 0 Å². The van der Waals surface area contributed by atoms with Crippen molar-refractivity contribution in [3.63, 3.8) is 0 Å². The van der Waals surface area contributed by atoms with Crippen molar-refractivity contribution >= 4 is 22.0 Å². The minimum Gasteiger partial charge on any atom is -0.449 e. The predicted octanol–water partition coefficient (Wildman–Crippen LogP) is 1.14. The lowest BCUT2D eigenvalue weighted by Crippen LogP contribution is -2.44. The van der Waals surface area contributed by atoms with Gasteiger partial charge < -0.3 is 10.5 Å². The summed E-state index contributed by atoms with van der Waals surface area (Å²) in [6, 6.07) is 6.95. The van der Waals surface area contributed by atoms with Crippen LogP contribution in [0.15, 0.2) is 24.3 Å². The van der Waals surface area contributed by atoms with Crippen molar-refractivity contribution in [1.82, 2.24) is 4.72 Å². The molecule has 0 aliphatic carbocycles. The van der Waals surface area contributed by atoms with Gasteiger partial charge in [-0.05, 0) is 38.9 Å². The first kappa shape index (κ1) is 17.3. The zero-order chi connectivity index (χ0) is 15.9. The molecule has 0 spiro atoms. The van der Waals surface area contributed by atoms with E-state index in [9.17, 15) is 13.2 Å². The van der Waals surface area contributed by atoms with E-state index in [1.54, 1.807) is 31.2 Å². The Hall–Kier alpha value is -1.80. The second kappa shape index (κ2) is 7.84. The van der Waals surface area contributed by atoms with Crippen LogP contribution in [-0.4, -0.2) is 34.2 Å². The second-order valence-electron chi connectivity index (χ2n) is 4.38. The number of nitrogens with zero attached hydrogens (tertiary/aromatic N) is 1. The summed E-state index contributed by atoms with van der Waals surface area (Å²) in [5.74, 6) is 0. The van der Waals surface area contributed by atoms with E-state index >= 15 is 0 Å². The number of carbonyl (C=O) groups excluding carboxylic acids is 1. The fraction of sp³-hybridized carbons (Fsp3) is 0.462. The summed E-state index contributed by atoms with van der Waals surface area (Å²) in [5, 5.41) is 0. The SMILES string of the molecule is CCOC(=O)NS(=O)(=O)N(CCCN)c1ccc(C)cc1. The number of anilines is 1. The van der Waals surface area contributed by atoms with Gasteiger partial charge in [0.05, 0.1) is 12.3 Å². The van der Waals surface area contributed by atoms with E-state index in [2.05, 4.69) is 4.74 Å². The molecule has 7 nitrogen and oxygen atoms in total. The third-order valence-electron chi connectivity index (χ3n) is 2.67. The van der Waals surface area contributed by atoms with Crippen LogP contribution in [0.1, 0.15) is 18.9 Å². The van der Waals surface area contributed by atoms with Gasteiger partial charge in [0.2, 0.25) is 0 Å². The fourth-order valence-corrected chi connectivity index (χ4v) is 2.80. The number of benzene rings is 1. The van der Waals surface area contributed by atoms with Crippen LogP contribution in [0.5, 0.6) is 0 Å². The Labute approximate surface area is 125 Å². The smallest absolute Gasteiger partial charge is 0.422 e. The van der Waals surface area contributed by atoms with Gasteiger partial charge in [-0.2, -0.15) is 8.42 Å². The number of amides is 1. The normalized spacial score (nSPS) is 11.0. The maximum absolute atomic E-state index is 12.3. The lowest BCUT2D eigenvalue weighted by atomic mass is 10.2. The van der Waals surface area contributed by atoms with Crippen molar-refractivity contribution in [2.75, 3.05) is 24.0 Å². The molecule has 8 heteroatoms. The number of nitrogens with two attached hydrogens (primary N) is 1. The summed E-state index contributed by atoms with van der Waals surface area (Å²) in [5.41, 5.74) is 6.91. The zero-order valence-electron chi connectivity index (χ0n) is 12.2. The summed E-state index contributed by atoms with van der Waals surface area (Å²) in [6.07, 6.45) is -0.528. The Balaban J connectivity index is 3.00. The van der Waals surface area contributed by atoms with E-state index in [-0.39, 0.29) is 13.2 Å². The van der Waals surface area contributed by atoms with Crippen LogP contribution in [0.4, 0.5) is 10.5 Å².